The van der Waals surface area contributed by atoms with Crippen molar-refractivity contribution in [3.05, 3.63) is 52.9 Å². The standard InChI is InChI=1S/C15H18/c1-6-13-7-8-14(12(4)5)10-15(13)9-11(2)3/h6-10H,2,4H2,1,3,5H3/b13-6-,15-9-. The van der Waals surface area contributed by atoms with Crippen LogP contribution in [0.4, 0.5) is 0 Å². The van der Waals surface area contributed by atoms with Gasteiger partial charge >= 0.3 is 0 Å². The number of hydrogen-bond donors (Lipinski definition) is 0. The zero-order valence-electron chi connectivity index (χ0n) is 9.80. The third kappa shape index (κ3) is 2.95. The molecular formula is C15H18. The van der Waals surface area contributed by atoms with Gasteiger partial charge in [-0.05, 0) is 42.8 Å². The fourth-order valence-electron chi connectivity index (χ4n) is 1.49. The minimum atomic E-state index is 1.07. The lowest BCUT2D eigenvalue weighted by molar-refractivity contribution is 1.45. The summed E-state index contributed by atoms with van der Waals surface area (Å²) < 4.78 is 0. The average molecular weight is 198 g/mol. The first-order valence-corrected chi connectivity index (χ1v) is 5.14. The van der Waals surface area contributed by atoms with E-state index in [9.17, 15) is 0 Å². The van der Waals surface area contributed by atoms with Crippen LogP contribution in [-0.2, 0) is 0 Å². The van der Waals surface area contributed by atoms with E-state index in [-0.39, 0.29) is 0 Å². The van der Waals surface area contributed by atoms with Gasteiger partial charge in [0.2, 0.25) is 0 Å². The second-order valence-electron chi connectivity index (χ2n) is 3.90. The lowest BCUT2D eigenvalue weighted by atomic mass is 10.1. The summed E-state index contributed by atoms with van der Waals surface area (Å²) in [6.45, 7) is 13.9. The van der Waals surface area contributed by atoms with Crippen LogP contribution in [0.5, 0.6) is 0 Å². The van der Waals surface area contributed by atoms with E-state index >= 15 is 0 Å². The molecular weight excluding hydrogens is 180 g/mol. The van der Waals surface area contributed by atoms with Crippen LogP contribution in [0.25, 0.3) is 17.7 Å². The molecule has 0 N–H and O–H groups in total. The molecule has 0 fully saturated rings. The SMILES string of the molecule is C=C(C)/C=c1/cc(C(=C)C)cc/c1=C/C. The molecule has 0 saturated carbocycles. The summed E-state index contributed by atoms with van der Waals surface area (Å²) in [6.07, 6.45) is 4.21. The third-order valence-electron chi connectivity index (χ3n) is 2.29. The fraction of sp³-hybridized carbons (Fsp3) is 0.200. The van der Waals surface area contributed by atoms with Gasteiger partial charge in [-0.15, -0.1) is 0 Å². The molecule has 78 valence electrons. The number of rotatable bonds is 2. The Hall–Kier alpha value is -1.56. The smallest absolute Gasteiger partial charge is 0.0179 e. The normalized spacial score (nSPS) is 13.0. The van der Waals surface area contributed by atoms with Crippen molar-refractivity contribution in [3.63, 3.8) is 0 Å². The highest BCUT2D eigenvalue weighted by Crippen LogP contribution is 2.06. The van der Waals surface area contributed by atoms with Gasteiger partial charge in [0.25, 0.3) is 0 Å². The molecule has 0 saturated heterocycles. The molecule has 0 unspecified atom stereocenters. The molecule has 0 aliphatic rings. The Labute approximate surface area is 92.0 Å². The van der Waals surface area contributed by atoms with Gasteiger partial charge in [-0.3, -0.25) is 0 Å². The van der Waals surface area contributed by atoms with Crippen molar-refractivity contribution in [2.75, 3.05) is 0 Å². The highest BCUT2D eigenvalue weighted by Gasteiger charge is 1.93. The van der Waals surface area contributed by atoms with Gasteiger partial charge in [0.1, 0.15) is 0 Å². The van der Waals surface area contributed by atoms with Crippen molar-refractivity contribution >= 4 is 17.7 Å². The summed E-state index contributed by atoms with van der Waals surface area (Å²) in [5, 5.41) is 2.45. The molecule has 0 aliphatic heterocycles. The Morgan fingerprint density at radius 2 is 1.80 bits per heavy atom. The molecule has 0 radical (unpaired) electrons. The molecule has 0 bridgehead atoms. The summed E-state index contributed by atoms with van der Waals surface area (Å²) in [6, 6.07) is 6.39. The topological polar surface area (TPSA) is 0 Å². The first-order chi connectivity index (χ1) is 7.04. The average Bonchev–Trinajstić information content (AvgIpc) is 2.16. The molecule has 0 aliphatic carbocycles. The van der Waals surface area contributed by atoms with E-state index < -0.39 is 0 Å². The molecule has 0 spiro atoms. The lowest BCUT2D eigenvalue weighted by Gasteiger charge is -2.00. The molecule has 0 aromatic heterocycles. The summed E-state index contributed by atoms with van der Waals surface area (Å²) >= 11 is 0. The van der Waals surface area contributed by atoms with Crippen LogP contribution in [-0.4, -0.2) is 0 Å². The van der Waals surface area contributed by atoms with Crippen molar-refractivity contribution in [2.45, 2.75) is 20.8 Å². The second-order valence-corrected chi connectivity index (χ2v) is 3.90. The molecule has 1 rings (SSSR count). The monoisotopic (exact) mass is 198 g/mol. The van der Waals surface area contributed by atoms with Crippen molar-refractivity contribution in [2.24, 2.45) is 0 Å². The molecule has 15 heavy (non-hydrogen) atoms. The molecule has 0 nitrogen and oxygen atoms in total. The van der Waals surface area contributed by atoms with Crippen LogP contribution in [0.15, 0.2) is 36.9 Å². The van der Waals surface area contributed by atoms with Crippen molar-refractivity contribution in [3.8, 4) is 0 Å². The van der Waals surface area contributed by atoms with E-state index in [2.05, 4.69) is 43.5 Å². The van der Waals surface area contributed by atoms with E-state index in [0.717, 1.165) is 11.1 Å². The van der Waals surface area contributed by atoms with Gasteiger partial charge < -0.3 is 0 Å². The molecule has 1 aromatic carbocycles. The Kier molecular flexibility index (Phi) is 3.68. The van der Waals surface area contributed by atoms with Crippen molar-refractivity contribution in [1.82, 2.24) is 0 Å². The maximum absolute atomic E-state index is 3.95. The summed E-state index contributed by atoms with van der Waals surface area (Å²) in [5.74, 6) is 0. The predicted molar refractivity (Wildman–Crippen MR) is 69.8 cm³/mol. The second kappa shape index (κ2) is 4.79. The van der Waals surface area contributed by atoms with Crippen LogP contribution in [0.3, 0.4) is 0 Å². The fourth-order valence-corrected chi connectivity index (χ4v) is 1.49. The summed E-state index contributed by atoms with van der Waals surface area (Å²) in [7, 11) is 0. The van der Waals surface area contributed by atoms with Gasteiger partial charge in [-0.1, -0.05) is 48.6 Å². The molecule has 0 heteroatoms. The van der Waals surface area contributed by atoms with Crippen LogP contribution in [0, 0.1) is 0 Å². The molecule has 1 aromatic rings. The Bertz CT molecular complexity index is 501. The third-order valence-corrected chi connectivity index (χ3v) is 2.29. The quantitative estimate of drug-likeness (QED) is 0.685. The Balaban J connectivity index is 3.53. The van der Waals surface area contributed by atoms with E-state index in [1.54, 1.807) is 0 Å². The first kappa shape index (κ1) is 11.5. The minimum Gasteiger partial charge on any atom is -0.0961 e. The zero-order valence-corrected chi connectivity index (χ0v) is 9.80. The maximum Gasteiger partial charge on any atom is -0.0179 e. The lowest BCUT2D eigenvalue weighted by Crippen LogP contribution is -2.24. The number of benzene rings is 1. The minimum absolute atomic E-state index is 1.07. The van der Waals surface area contributed by atoms with E-state index in [1.807, 2.05) is 20.8 Å². The van der Waals surface area contributed by atoms with E-state index in [1.165, 1.54) is 16.0 Å². The van der Waals surface area contributed by atoms with Gasteiger partial charge in [-0.2, -0.15) is 0 Å². The predicted octanol–water partition coefficient (Wildman–Crippen LogP) is 2.88. The van der Waals surface area contributed by atoms with E-state index in [0.29, 0.717) is 0 Å². The molecule has 0 amide bonds. The summed E-state index contributed by atoms with van der Waals surface area (Å²) in [5.41, 5.74) is 3.35. The van der Waals surface area contributed by atoms with Crippen LogP contribution < -0.4 is 10.4 Å². The van der Waals surface area contributed by atoms with Gasteiger partial charge in [0, 0.05) is 0 Å². The first-order valence-electron chi connectivity index (χ1n) is 5.14. The van der Waals surface area contributed by atoms with Gasteiger partial charge in [0.15, 0.2) is 0 Å². The number of allylic oxidation sites excluding steroid dienone is 2. The highest BCUT2D eigenvalue weighted by molar-refractivity contribution is 5.62. The van der Waals surface area contributed by atoms with Crippen LogP contribution in [0.2, 0.25) is 0 Å². The number of hydrogen-bond acceptors (Lipinski definition) is 0. The van der Waals surface area contributed by atoms with Crippen LogP contribution >= 0.6 is 0 Å². The summed E-state index contributed by atoms with van der Waals surface area (Å²) in [4.78, 5) is 0. The van der Waals surface area contributed by atoms with E-state index in [4.69, 9.17) is 0 Å². The van der Waals surface area contributed by atoms with Crippen molar-refractivity contribution < 1.29 is 0 Å². The molecule has 0 heterocycles. The van der Waals surface area contributed by atoms with Crippen molar-refractivity contribution in [1.29, 1.82) is 0 Å². The highest BCUT2D eigenvalue weighted by atomic mass is 14.0. The Morgan fingerprint density at radius 1 is 1.13 bits per heavy atom. The molecule has 0 atom stereocenters. The zero-order chi connectivity index (χ0) is 11.4. The maximum atomic E-state index is 3.95. The largest absolute Gasteiger partial charge is 0.0961 e. The van der Waals surface area contributed by atoms with Crippen LogP contribution in [0.1, 0.15) is 26.3 Å². The Morgan fingerprint density at radius 3 is 2.27 bits per heavy atom. The van der Waals surface area contributed by atoms with Gasteiger partial charge in [0.05, 0.1) is 0 Å². The van der Waals surface area contributed by atoms with Gasteiger partial charge in [-0.25, -0.2) is 0 Å².